The van der Waals surface area contributed by atoms with Crippen LogP contribution in [0, 0.1) is 23.2 Å². The fraction of sp³-hybridized carbons (Fsp3) is 0.840. The van der Waals surface area contributed by atoms with Crippen molar-refractivity contribution in [1.82, 2.24) is 9.80 Å². The van der Waals surface area contributed by atoms with Gasteiger partial charge in [0.2, 0.25) is 5.91 Å². The molecule has 4 heteroatoms. The summed E-state index contributed by atoms with van der Waals surface area (Å²) in [6, 6.07) is 0.0752. The van der Waals surface area contributed by atoms with Crippen LogP contribution in [0.3, 0.4) is 0 Å². The Hall–Kier alpha value is -1.16. The lowest BCUT2D eigenvalue weighted by molar-refractivity contribution is -0.152. The number of fused-ring (bicyclic) bond motifs is 5. The maximum Gasteiger partial charge on any atom is 0.250 e. The Bertz CT molecular complexity index is 739. The highest BCUT2D eigenvalue weighted by Crippen LogP contribution is 2.63. The van der Waals surface area contributed by atoms with Crippen LogP contribution < -0.4 is 0 Å². The molecule has 2 aliphatic carbocycles. The third-order valence-electron chi connectivity index (χ3n) is 9.58. The van der Waals surface area contributed by atoms with Crippen molar-refractivity contribution < 1.29 is 9.59 Å². The topological polar surface area (TPSA) is 40.6 Å². The van der Waals surface area contributed by atoms with E-state index < -0.39 is 0 Å². The molecule has 4 nitrogen and oxygen atoms in total. The van der Waals surface area contributed by atoms with Gasteiger partial charge in [0.25, 0.3) is 0 Å². The third-order valence-corrected chi connectivity index (χ3v) is 9.58. The average molecular weight is 401 g/mol. The molecule has 3 fully saturated rings. The molecule has 4 rings (SSSR count). The zero-order chi connectivity index (χ0) is 21.1. The lowest BCUT2D eigenvalue weighted by Gasteiger charge is -2.62. The smallest absolute Gasteiger partial charge is 0.250 e. The van der Waals surface area contributed by atoms with E-state index in [0.29, 0.717) is 23.5 Å². The SMILES string of the molecule is CCN(CC)C(=O)C1=C(C)C[C@H]2[C@@H]3CCN4C(C)C(=O)CC[C@]4(C)[C@@H]3CC[C@]12C. The standard InChI is InChI=1S/C25H40N2O2/c1-7-26(8-2)23(29)22-16(3)15-20-18-11-14-27-17(4)21(28)10-13-25(27,6)19(18)9-12-24(20,22)5/h17-20H,7-15H2,1-6H3/t17?,18-,19-,20+,24+,25-/m1/s1. The molecule has 1 amide bonds. The van der Waals surface area contributed by atoms with Gasteiger partial charge in [0, 0.05) is 36.0 Å². The number of carbonyl (C=O) groups excluding carboxylic acids is 2. The molecule has 162 valence electrons. The molecule has 0 N–H and O–H groups in total. The molecular weight excluding hydrogens is 360 g/mol. The Morgan fingerprint density at radius 1 is 1.14 bits per heavy atom. The summed E-state index contributed by atoms with van der Waals surface area (Å²) in [5, 5.41) is 0. The molecule has 4 aliphatic rings. The first kappa shape index (κ1) is 21.1. The molecule has 2 heterocycles. The second-order valence-electron chi connectivity index (χ2n) is 10.7. The summed E-state index contributed by atoms with van der Waals surface area (Å²) in [4.78, 5) is 30.4. The number of piperidine rings is 2. The maximum atomic E-state index is 13.4. The minimum absolute atomic E-state index is 0.0273. The Kier molecular flexibility index (Phi) is 5.25. The van der Waals surface area contributed by atoms with Gasteiger partial charge in [0.1, 0.15) is 5.78 Å². The van der Waals surface area contributed by atoms with E-state index in [1.807, 2.05) is 4.90 Å². The van der Waals surface area contributed by atoms with Gasteiger partial charge in [0.05, 0.1) is 6.04 Å². The van der Waals surface area contributed by atoms with E-state index in [-0.39, 0.29) is 22.9 Å². The van der Waals surface area contributed by atoms with Crippen LogP contribution >= 0.6 is 0 Å². The fourth-order valence-corrected chi connectivity index (χ4v) is 7.96. The van der Waals surface area contributed by atoms with E-state index in [4.69, 9.17) is 0 Å². The summed E-state index contributed by atoms with van der Waals surface area (Å²) in [7, 11) is 0. The normalized spacial score (nSPS) is 42.3. The van der Waals surface area contributed by atoms with Crippen molar-refractivity contribution in [3.63, 3.8) is 0 Å². The van der Waals surface area contributed by atoms with Crippen molar-refractivity contribution in [2.45, 2.75) is 91.6 Å². The Balaban J connectivity index is 1.64. The van der Waals surface area contributed by atoms with Gasteiger partial charge < -0.3 is 4.90 Å². The number of hydrogen-bond donors (Lipinski definition) is 0. The van der Waals surface area contributed by atoms with Gasteiger partial charge in [-0.2, -0.15) is 0 Å². The number of amides is 1. The van der Waals surface area contributed by atoms with Crippen LogP contribution in [0.25, 0.3) is 0 Å². The average Bonchev–Trinajstić information content (AvgIpc) is 2.96. The molecule has 0 aromatic rings. The largest absolute Gasteiger partial charge is 0.339 e. The van der Waals surface area contributed by atoms with Crippen LogP contribution in [0.1, 0.15) is 80.1 Å². The highest BCUT2D eigenvalue weighted by Gasteiger charge is 2.60. The first-order chi connectivity index (χ1) is 13.7. The van der Waals surface area contributed by atoms with Gasteiger partial charge in [-0.15, -0.1) is 0 Å². The summed E-state index contributed by atoms with van der Waals surface area (Å²) in [5.74, 6) is 2.62. The van der Waals surface area contributed by atoms with Crippen LogP contribution in [0.4, 0.5) is 0 Å². The van der Waals surface area contributed by atoms with Gasteiger partial charge in [0.15, 0.2) is 0 Å². The van der Waals surface area contributed by atoms with E-state index in [9.17, 15) is 9.59 Å². The Labute approximate surface area is 177 Å². The predicted octanol–water partition coefficient (Wildman–Crippen LogP) is 4.44. The van der Waals surface area contributed by atoms with Crippen LogP contribution in [0.15, 0.2) is 11.1 Å². The second kappa shape index (κ2) is 7.21. The lowest BCUT2D eigenvalue weighted by Crippen LogP contribution is -2.67. The van der Waals surface area contributed by atoms with Crippen molar-refractivity contribution in [3.05, 3.63) is 11.1 Å². The fourth-order valence-electron chi connectivity index (χ4n) is 7.96. The summed E-state index contributed by atoms with van der Waals surface area (Å²) in [5.41, 5.74) is 2.66. The van der Waals surface area contributed by atoms with Crippen molar-refractivity contribution in [2.75, 3.05) is 19.6 Å². The minimum atomic E-state index is 0.0273. The lowest BCUT2D eigenvalue weighted by atomic mass is 9.51. The number of ketones is 1. The Morgan fingerprint density at radius 3 is 2.48 bits per heavy atom. The van der Waals surface area contributed by atoms with Gasteiger partial charge in [-0.25, -0.2) is 0 Å². The molecule has 0 radical (unpaired) electrons. The van der Waals surface area contributed by atoms with Gasteiger partial charge in [-0.05, 0) is 91.0 Å². The summed E-state index contributed by atoms with van der Waals surface area (Å²) < 4.78 is 0. The van der Waals surface area contributed by atoms with Crippen LogP contribution in [0.5, 0.6) is 0 Å². The molecular formula is C25H40N2O2. The highest BCUT2D eigenvalue weighted by molar-refractivity contribution is 5.96. The Morgan fingerprint density at radius 2 is 1.83 bits per heavy atom. The summed E-state index contributed by atoms with van der Waals surface area (Å²) in [6.45, 7) is 16.0. The molecule has 29 heavy (non-hydrogen) atoms. The molecule has 1 unspecified atom stereocenters. The number of nitrogens with zero attached hydrogens (tertiary/aromatic N) is 2. The first-order valence-electron chi connectivity index (χ1n) is 12.0. The summed E-state index contributed by atoms with van der Waals surface area (Å²) in [6.07, 6.45) is 6.32. The molecule has 0 aromatic heterocycles. The quantitative estimate of drug-likeness (QED) is 0.703. The van der Waals surface area contributed by atoms with E-state index in [1.165, 1.54) is 18.4 Å². The summed E-state index contributed by atoms with van der Waals surface area (Å²) >= 11 is 0. The van der Waals surface area contributed by atoms with E-state index >= 15 is 0 Å². The van der Waals surface area contributed by atoms with Crippen molar-refractivity contribution in [1.29, 1.82) is 0 Å². The molecule has 0 aromatic carbocycles. The molecule has 0 bridgehead atoms. The van der Waals surface area contributed by atoms with Crippen LogP contribution in [-0.4, -0.2) is 52.7 Å². The predicted molar refractivity (Wildman–Crippen MR) is 116 cm³/mol. The van der Waals surface area contributed by atoms with Crippen LogP contribution in [-0.2, 0) is 9.59 Å². The molecule has 6 atom stereocenters. The molecule has 0 spiro atoms. The van der Waals surface area contributed by atoms with Crippen molar-refractivity contribution in [3.8, 4) is 0 Å². The van der Waals surface area contributed by atoms with Crippen LogP contribution in [0.2, 0.25) is 0 Å². The number of Topliss-reactive ketones (excluding diaryl/α,β-unsaturated/α-hetero) is 1. The zero-order valence-corrected chi connectivity index (χ0v) is 19.4. The minimum Gasteiger partial charge on any atom is -0.339 e. The molecule has 2 aliphatic heterocycles. The van der Waals surface area contributed by atoms with Gasteiger partial charge in [-0.3, -0.25) is 14.5 Å². The maximum absolute atomic E-state index is 13.4. The number of allylic oxidation sites excluding steroid dienone is 1. The van der Waals surface area contributed by atoms with Crippen molar-refractivity contribution in [2.24, 2.45) is 23.2 Å². The molecule has 2 saturated heterocycles. The van der Waals surface area contributed by atoms with Crippen molar-refractivity contribution >= 4 is 11.7 Å². The number of likely N-dealkylation sites (N-methyl/N-ethyl adjacent to an activating group) is 1. The second-order valence-corrected chi connectivity index (χ2v) is 10.7. The number of carbonyl (C=O) groups is 2. The van der Waals surface area contributed by atoms with E-state index in [2.05, 4.69) is 46.4 Å². The van der Waals surface area contributed by atoms with Gasteiger partial charge in [-0.1, -0.05) is 12.5 Å². The monoisotopic (exact) mass is 400 g/mol. The molecule has 1 saturated carbocycles. The number of hydrogen-bond acceptors (Lipinski definition) is 3. The van der Waals surface area contributed by atoms with Gasteiger partial charge >= 0.3 is 0 Å². The van der Waals surface area contributed by atoms with E-state index in [0.717, 1.165) is 50.9 Å². The van der Waals surface area contributed by atoms with E-state index in [1.54, 1.807) is 0 Å². The third kappa shape index (κ3) is 2.88. The first-order valence-corrected chi connectivity index (χ1v) is 12.0. The highest BCUT2D eigenvalue weighted by atomic mass is 16.2. The number of rotatable bonds is 3. The zero-order valence-electron chi connectivity index (χ0n) is 19.4.